The molecule has 28 nitrogen and oxygen atoms in total. The van der Waals surface area contributed by atoms with Crippen LogP contribution in [0.1, 0.15) is 143 Å². The summed E-state index contributed by atoms with van der Waals surface area (Å²) in [7, 11) is 0. The van der Waals surface area contributed by atoms with Crippen LogP contribution >= 0.6 is 0 Å². The van der Waals surface area contributed by atoms with E-state index in [1.165, 1.54) is 4.90 Å². The van der Waals surface area contributed by atoms with Gasteiger partial charge in [-0.15, -0.1) is 0 Å². The summed E-state index contributed by atoms with van der Waals surface area (Å²) in [5.41, 5.74) is 6.96. The molecule has 3 heterocycles. The number of ether oxygens (including phenoxy) is 1. The van der Waals surface area contributed by atoms with Gasteiger partial charge >= 0.3 is 11.9 Å². The second-order valence-corrected chi connectivity index (χ2v) is 25.9. The highest BCUT2D eigenvalue weighted by molar-refractivity contribution is 6.00. The lowest BCUT2D eigenvalue weighted by Gasteiger charge is -2.32. The quantitative estimate of drug-likeness (QED) is 0.0554. The second-order valence-electron chi connectivity index (χ2n) is 25.9. The van der Waals surface area contributed by atoms with Crippen LogP contribution in [0.5, 0.6) is 0 Å². The number of carboxylic acid groups (broad SMARTS) is 1. The first-order valence-corrected chi connectivity index (χ1v) is 32.9. The van der Waals surface area contributed by atoms with Crippen LogP contribution < -0.4 is 48.3 Å². The maximum absolute atomic E-state index is 14.9. The smallest absolute Gasteiger partial charge is 0.329 e. The fourth-order valence-corrected chi connectivity index (χ4v) is 11.7. The van der Waals surface area contributed by atoms with Gasteiger partial charge < -0.3 is 83.2 Å². The molecule has 94 heavy (non-hydrogen) atoms. The number of aliphatic hydroxyl groups is 3. The van der Waals surface area contributed by atoms with Crippen molar-refractivity contribution in [3.63, 3.8) is 0 Å². The average molecular weight is 1320 g/mol. The van der Waals surface area contributed by atoms with E-state index in [9.17, 15) is 78.0 Å². The van der Waals surface area contributed by atoms with Gasteiger partial charge in [-0.05, 0) is 86.8 Å². The van der Waals surface area contributed by atoms with E-state index < -0.39 is 182 Å². The maximum Gasteiger partial charge on any atom is 0.329 e. The third-order valence-electron chi connectivity index (χ3n) is 16.8. The van der Waals surface area contributed by atoms with E-state index in [-0.39, 0.29) is 64.0 Å². The second kappa shape index (κ2) is 38.3. The summed E-state index contributed by atoms with van der Waals surface area (Å²) in [6.45, 7) is 8.58. The largest absolute Gasteiger partial charge is 0.481 e. The predicted molar refractivity (Wildman–Crippen MR) is 343 cm³/mol. The third-order valence-corrected chi connectivity index (χ3v) is 16.8. The summed E-state index contributed by atoms with van der Waals surface area (Å²) >= 11 is 0. The number of carboxylic acids is 1. The van der Waals surface area contributed by atoms with Gasteiger partial charge in [0.15, 0.2) is 0 Å². The molecular formula is C66H99N11O17. The Balaban J connectivity index is 1.58. The minimum absolute atomic E-state index is 0.0179. The van der Waals surface area contributed by atoms with Crippen LogP contribution in [-0.2, 0) is 75.1 Å². The fraction of sp³-hybridized carbons (Fsp3) is 0.636. The molecule has 28 heteroatoms. The number of aliphatic hydroxyl groups excluding tert-OH is 3. The van der Waals surface area contributed by atoms with E-state index in [1.54, 1.807) is 88.4 Å². The Bertz CT molecular complexity index is 2880. The highest BCUT2D eigenvalue weighted by Crippen LogP contribution is 2.25. The minimum Gasteiger partial charge on any atom is -0.481 e. The molecule has 2 aromatic carbocycles. The SMILES string of the molecule is CC(C)CCCCCC1CC(=O)NC(CC(=O)O)C(=O)NC(Cc2ccccc2)C(=O)NC(CO)C(=O)NC(C(C)C)C(=O)N2CC(O)CC2C(=O)NC(CO)C(=O)NC(CC(C)C)C(=O)NC(Cc2ccccc2)C(=O)NC(CCCCN)C(=O)N2CCCC2C(=O)O1. The van der Waals surface area contributed by atoms with Gasteiger partial charge in [0.25, 0.3) is 0 Å². The fourth-order valence-electron chi connectivity index (χ4n) is 11.7. The molecule has 2 aromatic rings. The number of nitrogens with two attached hydrogens (primary N) is 1. The lowest BCUT2D eigenvalue weighted by molar-refractivity contribution is -0.160. The van der Waals surface area contributed by atoms with Crippen molar-refractivity contribution in [2.45, 2.75) is 217 Å². The van der Waals surface area contributed by atoms with E-state index in [4.69, 9.17) is 10.5 Å². The van der Waals surface area contributed by atoms with Gasteiger partial charge in [0.1, 0.15) is 66.5 Å². The van der Waals surface area contributed by atoms with Crippen LogP contribution in [0.15, 0.2) is 60.7 Å². The van der Waals surface area contributed by atoms with E-state index in [1.807, 2.05) is 0 Å². The number of esters is 1. The lowest BCUT2D eigenvalue weighted by Crippen LogP contribution is -2.62. The Morgan fingerprint density at radius 2 is 1.07 bits per heavy atom. The summed E-state index contributed by atoms with van der Waals surface area (Å²) in [4.78, 5) is 173. The first-order valence-electron chi connectivity index (χ1n) is 32.9. The van der Waals surface area contributed by atoms with Crippen LogP contribution in [0.3, 0.4) is 0 Å². The standard InChI is InChI=1S/C66H99N11O17/c1-38(2)19-10-7-15-24-44-33-54(81)68-49(34-55(82)83)60(87)72-48(31-42-22-13-9-14-23-42)59(86)73-51(37-79)62(89)75-56(40(5)6)65(92)77-35-43(80)32-53(77)63(90)74-50(36-78)61(88)70-46(29-39(3)4)57(84)71-47(30-41-20-11-8-12-21-41)58(85)69-45(25-16-17-27-67)64(91)76-28-18-26-52(76)66(93)94-44/h8-9,11-14,20-23,38-40,43-53,56,78-80H,7,10,15-19,24-37,67H2,1-6H3,(H,68,81)(H,69,85)(H,70,88)(H,71,84)(H,72,87)(H,73,86)(H,74,90)(H,75,89)(H,82,83). The third kappa shape index (κ3) is 24.0. The Morgan fingerprint density at radius 1 is 0.564 bits per heavy atom. The van der Waals surface area contributed by atoms with Gasteiger partial charge in [0.05, 0.1) is 32.2 Å². The first kappa shape index (κ1) is 76.6. The van der Waals surface area contributed by atoms with Crippen molar-refractivity contribution in [2.24, 2.45) is 23.5 Å². The molecule has 5 rings (SSSR count). The summed E-state index contributed by atoms with van der Waals surface area (Å²) in [5.74, 6) is -12.5. The number of aliphatic carboxylic acids is 1. The van der Waals surface area contributed by atoms with Crippen LogP contribution in [0.25, 0.3) is 0 Å². The number of carbonyl (C=O) groups is 12. The molecule has 0 aliphatic carbocycles. The van der Waals surface area contributed by atoms with Crippen LogP contribution in [-0.4, -0.2) is 207 Å². The molecule has 3 aliphatic rings. The normalized spacial score (nSPS) is 26.6. The first-order chi connectivity index (χ1) is 44.7. The van der Waals surface area contributed by atoms with Gasteiger partial charge in [0, 0.05) is 32.4 Å². The number of carbonyl (C=O) groups excluding carboxylic acids is 11. The molecule has 3 fully saturated rings. The number of hydrogen-bond donors (Lipinski definition) is 13. The molecule has 3 saturated heterocycles. The van der Waals surface area contributed by atoms with Gasteiger partial charge in [-0.2, -0.15) is 0 Å². The Hall–Kier alpha value is -8.08. The van der Waals surface area contributed by atoms with Crippen molar-refractivity contribution in [1.82, 2.24) is 52.3 Å². The number of hydrogen-bond acceptors (Lipinski definition) is 17. The Kier molecular flexibility index (Phi) is 31.2. The molecule has 0 radical (unpaired) electrons. The van der Waals surface area contributed by atoms with E-state index in [2.05, 4.69) is 56.4 Å². The summed E-state index contributed by atoms with van der Waals surface area (Å²) < 4.78 is 6.10. The van der Waals surface area contributed by atoms with E-state index in [0.29, 0.717) is 49.1 Å². The molecule has 0 aromatic heterocycles. The van der Waals surface area contributed by atoms with Crippen molar-refractivity contribution in [3.05, 3.63) is 71.8 Å². The number of unbranched alkanes of at least 4 members (excludes halogenated alkanes) is 3. The molecule has 0 bridgehead atoms. The molecule has 14 N–H and O–H groups in total. The van der Waals surface area contributed by atoms with Crippen molar-refractivity contribution >= 4 is 71.0 Å². The number of nitrogens with one attached hydrogen (secondary N) is 8. The molecule has 3 aliphatic heterocycles. The number of amides is 10. The summed E-state index contributed by atoms with van der Waals surface area (Å²) in [5, 5.41) is 62.7. The van der Waals surface area contributed by atoms with Crippen molar-refractivity contribution in [1.29, 1.82) is 0 Å². The number of nitrogens with zero attached hydrogens (tertiary/aromatic N) is 2. The molecular weight excluding hydrogens is 1220 g/mol. The Morgan fingerprint density at radius 3 is 1.62 bits per heavy atom. The van der Waals surface area contributed by atoms with E-state index >= 15 is 0 Å². The van der Waals surface area contributed by atoms with Crippen molar-refractivity contribution in [2.75, 3.05) is 32.8 Å². The summed E-state index contributed by atoms with van der Waals surface area (Å²) in [6.07, 6.45) is -0.408. The maximum atomic E-state index is 14.9. The monoisotopic (exact) mass is 1320 g/mol. The molecule has 520 valence electrons. The molecule has 0 spiro atoms. The van der Waals surface area contributed by atoms with Gasteiger partial charge in [-0.25, -0.2) is 4.79 Å². The minimum atomic E-state index is -1.84. The molecule has 12 unspecified atom stereocenters. The van der Waals surface area contributed by atoms with Gasteiger partial charge in [-0.3, -0.25) is 52.7 Å². The summed E-state index contributed by atoms with van der Waals surface area (Å²) in [6, 6.07) is 1.62. The number of fused-ring (bicyclic) bond motifs is 2. The number of benzene rings is 2. The van der Waals surface area contributed by atoms with E-state index in [0.717, 1.165) is 17.7 Å². The molecule has 10 amide bonds. The average Bonchev–Trinajstić information content (AvgIpc) is 1.69. The van der Waals surface area contributed by atoms with Crippen molar-refractivity contribution in [3.8, 4) is 0 Å². The Labute approximate surface area is 549 Å². The predicted octanol–water partition coefficient (Wildman–Crippen LogP) is -0.485. The number of cyclic esters (lactones) is 1. The lowest BCUT2D eigenvalue weighted by atomic mass is 10.00. The van der Waals surface area contributed by atoms with Gasteiger partial charge in [-0.1, -0.05) is 121 Å². The zero-order valence-corrected chi connectivity index (χ0v) is 54.9. The zero-order valence-electron chi connectivity index (χ0n) is 54.9. The van der Waals surface area contributed by atoms with Crippen molar-refractivity contribution < 1.29 is 82.7 Å². The van der Waals surface area contributed by atoms with Crippen LogP contribution in [0.4, 0.5) is 0 Å². The highest BCUT2D eigenvalue weighted by atomic mass is 16.5. The zero-order chi connectivity index (χ0) is 69.2. The van der Waals surface area contributed by atoms with Gasteiger partial charge in [0.2, 0.25) is 59.1 Å². The van der Waals surface area contributed by atoms with Crippen LogP contribution in [0, 0.1) is 17.8 Å². The topological polar surface area (TPSA) is 424 Å². The molecule has 0 saturated carbocycles. The van der Waals surface area contributed by atoms with Crippen LogP contribution in [0.2, 0.25) is 0 Å². The highest BCUT2D eigenvalue weighted by Gasteiger charge is 2.45. The molecule has 12 atom stereocenters. The number of rotatable bonds is 21.